The van der Waals surface area contributed by atoms with Crippen molar-refractivity contribution in [2.75, 3.05) is 5.32 Å². The second kappa shape index (κ2) is 9.60. The molecule has 3 aromatic rings. The molecule has 2 amide bonds. The summed E-state index contributed by atoms with van der Waals surface area (Å²) in [5, 5.41) is 14.1. The average molecular weight is 450 g/mol. The summed E-state index contributed by atoms with van der Waals surface area (Å²) >= 11 is 0. The van der Waals surface area contributed by atoms with E-state index >= 15 is 0 Å². The van der Waals surface area contributed by atoms with Crippen LogP contribution in [0, 0.1) is 25.7 Å². The number of nitrogens with one attached hydrogen (secondary N) is 2. The fourth-order valence-electron chi connectivity index (χ4n) is 4.66. The standard InChI is InChI=1S/C25H31N5O3/c1-15-5-7-19(8-6-15)23(28-24(31)21-13-14-26-30(21)4)25(32)27-20-11-9-18(10-12-20)22-16(2)29-33-17(22)3/h9-15,19,23H,5-8H2,1-4H3,(H,27,32)(H,28,31)/t15-,19-,23-/m0/s1. The van der Waals surface area contributed by atoms with Crippen molar-refractivity contribution in [3.05, 3.63) is 53.7 Å². The number of benzene rings is 1. The van der Waals surface area contributed by atoms with Crippen molar-refractivity contribution >= 4 is 17.5 Å². The van der Waals surface area contributed by atoms with E-state index in [-0.39, 0.29) is 17.7 Å². The Morgan fingerprint density at radius 1 is 1.09 bits per heavy atom. The summed E-state index contributed by atoms with van der Waals surface area (Å²) in [6.45, 7) is 6.02. The van der Waals surface area contributed by atoms with Crippen molar-refractivity contribution < 1.29 is 14.1 Å². The summed E-state index contributed by atoms with van der Waals surface area (Å²) in [5.74, 6) is 1.01. The van der Waals surface area contributed by atoms with Crippen molar-refractivity contribution in [2.24, 2.45) is 18.9 Å². The minimum Gasteiger partial charge on any atom is -0.361 e. The molecule has 0 spiro atoms. The van der Waals surface area contributed by atoms with Crippen LogP contribution in [0.15, 0.2) is 41.1 Å². The van der Waals surface area contributed by atoms with Crippen LogP contribution in [0.5, 0.6) is 0 Å². The molecular weight excluding hydrogens is 418 g/mol. The van der Waals surface area contributed by atoms with Crippen LogP contribution in [0.3, 0.4) is 0 Å². The highest BCUT2D eigenvalue weighted by molar-refractivity contribution is 6.00. The Labute approximate surface area is 193 Å². The van der Waals surface area contributed by atoms with Gasteiger partial charge in [0, 0.05) is 24.5 Å². The number of anilines is 1. The van der Waals surface area contributed by atoms with E-state index in [1.807, 2.05) is 38.1 Å². The van der Waals surface area contributed by atoms with Crippen molar-refractivity contribution in [3.63, 3.8) is 0 Å². The Morgan fingerprint density at radius 3 is 2.36 bits per heavy atom. The average Bonchev–Trinajstić information content (AvgIpc) is 3.38. The number of aryl methyl sites for hydroxylation is 3. The number of hydrogen-bond acceptors (Lipinski definition) is 5. The monoisotopic (exact) mass is 449 g/mol. The largest absolute Gasteiger partial charge is 0.361 e. The van der Waals surface area contributed by atoms with Gasteiger partial charge in [-0.05, 0) is 62.3 Å². The molecule has 0 bridgehead atoms. The van der Waals surface area contributed by atoms with Gasteiger partial charge in [0.15, 0.2) is 0 Å². The molecule has 0 unspecified atom stereocenters. The maximum absolute atomic E-state index is 13.3. The Hall–Kier alpha value is -3.42. The molecule has 2 N–H and O–H groups in total. The Morgan fingerprint density at radius 2 is 1.79 bits per heavy atom. The molecule has 33 heavy (non-hydrogen) atoms. The second-order valence-electron chi connectivity index (χ2n) is 9.08. The van der Waals surface area contributed by atoms with Crippen LogP contribution in [-0.4, -0.2) is 32.8 Å². The predicted molar refractivity (Wildman–Crippen MR) is 126 cm³/mol. The van der Waals surface area contributed by atoms with E-state index < -0.39 is 6.04 Å². The summed E-state index contributed by atoms with van der Waals surface area (Å²) in [6.07, 6.45) is 5.52. The summed E-state index contributed by atoms with van der Waals surface area (Å²) in [4.78, 5) is 26.2. The first-order valence-electron chi connectivity index (χ1n) is 11.5. The smallest absolute Gasteiger partial charge is 0.270 e. The molecule has 8 heteroatoms. The fourth-order valence-corrected chi connectivity index (χ4v) is 4.66. The Balaban J connectivity index is 1.51. The lowest BCUT2D eigenvalue weighted by Crippen LogP contribution is -2.49. The third-order valence-corrected chi connectivity index (χ3v) is 6.63. The van der Waals surface area contributed by atoms with Crippen molar-refractivity contribution in [1.82, 2.24) is 20.3 Å². The van der Waals surface area contributed by atoms with Crippen molar-refractivity contribution in [2.45, 2.75) is 52.5 Å². The number of nitrogens with zero attached hydrogens (tertiary/aromatic N) is 3. The van der Waals surface area contributed by atoms with Crippen LogP contribution in [0.4, 0.5) is 5.69 Å². The lowest BCUT2D eigenvalue weighted by Gasteiger charge is -2.32. The first-order valence-corrected chi connectivity index (χ1v) is 11.5. The van der Waals surface area contributed by atoms with Crippen LogP contribution >= 0.6 is 0 Å². The normalized spacial score (nSPS) is 19.2. The van der Waals surface area contributed by atoms with E-state index in [2.05, 4.69) is 27.8 Å². The van der Waals surface area contributed by atoms with Crippen LogP contribution < -0.4 is 10.6 Å². The number of aromatic nitrogens is 3. The highest BCUT2D eigenvalue weighted by atomic mass is 16.5. The molecule has 1 saturated carbocycles. The van der Waals surface area contributed by atoms with Gasteiger partial charge in [0.2, 0.25) is 5.91 Å². The predicted octanol–water partition coefficient (Wildman–Crippen LogP) is 4.26. The number of carbonyl (C=O) groups excluding carboxylic acids is 2. The van der Waals surface area contributed by atoms with Gasteiger partial charge in [-0.3, -0.25) is 14.3 Å². The minimum absolute atomic E-state index is 0.0972. The van der Waals surface area contributed by atoms with Crippen LogP contribution in [0.2, 0.25) is 0 Å². The molecule has 8 nitrogen and oxygen atoms in total. The molecule has 0 aliphatic heterocycles. The lowest BCUT2D eigenvalue weighted by molar-refractivity contribution is -0.119. The molecular formula is C25H31N5O3. The lowest BCUT2D eigenvalue weighted by atomic mass is 9.79. The quantitative estimate of drug-likeness (QED) is 0.586. The molecule has 1 aliphatic carbocycles. The zero-order valence-corrected chi connectivity index (χ0v) is 19.6. The molecule has 1 fully saturated rings. The molecule has 174 valence electrons. The number of carbonyl (C=O) groups is 2. The van der Waals surface area contributed by atoms with Gasteiger partial charge in [-0.25, -0.2) is 0 Å². The summed E-state index contributed by atoms with van der Waals surface area (Å²) < 4.78 is 6.78. The molecule has 4 rings (SSSR count). The third-order valence-electron chi connectivity index (χ3n) is 6.63. The summed E-state index contributed by atoms with van der Waals surface area (Å²) in [6, 6.07) is 8.65. The van der Waals surface area contributed by atoms with E-state index in [1.165, 1.54) is 4.68 Å². The van der Waals surface area contributed by atoms with E-state index in [9.17, 15) is 9.59 Å². The third kappa shape index (κ3) is 4.99. The molecule has 0 saturated heterocycles. The van der Waals surface area contributed by atoms with Crippen LogP contribution in [0.25, 0.3) is 11.1 Å². The van der Waals surface area contributed by atoms with Gasteiger partial charge < -0.3 is 15.2 Å². The van der Waals surface area contributed by atoms with E-state index in [0.717, 1.165) is 48.3 Å². The van der Waals surface area contributed by atoms with Gasteiger partial charge in [-0.15, -0.1) is 0 Å². The van der Waals surface area contributed by atoms with Gasteiger partial charge in [0.1, 0.15) is 17.5 Å². The SMILES string of the molecule is Cc1noc(C)c1-c1ccc(NC(=O)[C@@H](NC(=O)c2ccnn2C)[C@H]2CC[C@H](C)CC2)cc1. The van der Waals surface area contributed by atoms with Crippen molar-refractivity contribution in [3.8, 4) is 11.1 Å². The topological polar surface area (TPSA) is 102 Å². The molecule has 2 aromatic heterocycles. The van der Waals surface area contributed by atoms with E-state index in [1.54, 1.807) is 19.3 Å². The number of rotatable bonds is 6. The molecule has 1 atom stereocenters. The first-order chi connectivity index (χ1) is 15.8. The van der Waals surface area contributed by atoms with E-state index in [0.29, 0.717) is 17.3 Å². The van der Waals surface area contributed by atoms with Crippen molar-refractivity contribution in [1.29, 1.82) is 0 Å². The molecule has 1 aliphatic rings. The zero-order chi connectivity index (χ0) is 23.5. The summed E-state index contributed by atoms with van der Waals surface area (Å²) in [7, 11) is 1.72. The highest BCUT2D eigenvalue weighted by Gasteiger charge is 2.33. The maximum Gasteiger partial charge on any atom is 0.270 e. The Kier molecular flexibility index (Phi) is 6.62. The van der Waals surface area contributed by atoms with Gasteiger partial charge in [-0.1, -0.05) is 37.1 Å². The zero-order valence-electron chi connectivity index (χ0n) is 19.6. The van der Waals surface area contributed by atoms with Gasteiger partial charge in [0.05, 0.1) is 5.69 Å². The second-order valence-corrected chi connectivity index (χ2v) is 9.08. The maximum atomic E-state index is 13.3. The number of amides is 2. The first kappa shape index (κ1) is 22.8. The van der Waals surface area contributed by atoms with Gasteiger partial charge >= 0.3 is 0 Å². The highest BCUT2D eigenvalue weighted by Crippen LogP contribution is 2.32. The Bertz CT molecular complexity index is 1100. The van der Waals surface area contributed by atoms with Gasteiger partial charge in [0.25, 0.3) is 5.91 Å². The minimum atomic E-state index is -0.609. The number of hydrogen-bond donors (Lipinski definition) is 2. The molecule has 2 heterocycles. The van der Waals surface area contributed by atoms with Gasteiger partial charge in [-0.2, -0.15) is 5.10 Å². The van der Waals surface area contributed by atoms with E-state index in [4.69, 9.17) is 4.52 Å². The molecule has 0 radical (unpaired) electrons. The summed E-state index contributed by atoms with van der Waals surface area (Å²) in [5.41, 5.74) is 3.88. The van der Waals surface area contributed by atoms with Crippen LogP contribution in [-0.2, 0) is 11.8 Å². The molecule has 1 aromatic carbocycles. The van der Waals surface area contributed by atoms with Crippen LogP contribution in [0.1, 0.15) is 54.5 Å². The fraction of sp³-hybridized carbons (Fsp3) is 0.440.